The third-order valence-electron chi connectivity index (χ3n) is 2.72. The molecule has 0 saturated carbocycles. The summed E-state index contributed by atoms with van der Waals surface area (Å²) in [5, 5.41) is 8.40. The molecule has 1 rings (SSSR count). The summed E-state index contributed by atoms with van der Waals surface area (Å²) >= 11 is 11.7. The Balaban J connectivity index is 2.66. The molecular formula is C13H16Cl2N2O. The Morgan fingerprint density at radius 1 is 1.22 bits per heavy atom. The molecule has 0 fully saturated rings. The van der Waals surface area contributed by atoms with Crippen LogP contribution < -0.4 is 0 Å². The number of hydrogen-bond acceptors (Lipinski definition) is 3. The molecular weight excluding hydrogens is 271 g/mol. The van der Waals surface area contributed by atoms with Crippen LogP contribution in [0, 0.1) is 5.92 Å². The highest BCUT2D eigenvalue weighted by molar-refractivity contribution is 6.31. The molecule has 3 nitrogen and oxygen atoms in total. The lowest BCUT2D eigenvalue weighted by Crippen LogP contribution is -2.21. The van der Waals surface area contributed by atoms with Crippen LogP contribution in [0.4, 0.5) is 5.69 Å². The molecule has 0 aliphatic rings. The Kier molecular flexibility index (Phi) is 6.30. The predicted molar refractivity (Wildman–Crippen MR) is 74.7 cm³/mol. The van der Waals surface area contributed by atoms with E-state index >= 15 is 0 Å². The number of hydrogen-bond donors (Lipinski definition) is 0. The molecule has 0 heterocycles. The number of azo groups is 1. The second-order valence-electron chi connectivity index (χ2n) is 3.94. The van der Waals surface area contributed by atoms with Crippen molar-refractivity contribution in [2.24, 2.45) is 16.1 Å². The Hall–Kier alpha value is -0.930. The van der Waals surface area contributed by atoms with Crippen molar-refractivity contribution < 1.29 is 4.79 Å². The summed E-state index contributed by atoms with van der Waals surface area (Å²) in [6, 6.07) is 6.86. The SMILES string of the molecule is CCC(CC)C(=O)C(Cl)N=Nc1ccc(Cl)cc1. The lowest BCUT2D eigenvalue weighted by molar-refractivity contribution is -0.122. The maximum absolute atomic E-state index is 11.9. The van der Waals surface area contributed by atoms with Crippen LogP contribution in [0.25, 0.3) is 0 Å². The maximum Gasteiger partial charge on any atom is 0.202 e. The molecule has 5 heteroatoms. The van der Waals surface area contributed by atoms with Gasteiger partial charge in [0.05, 0.1) is 5.69 Å². The second-order valence-corrected chi connectivity index (χ2v) is 4.79. The smallest absolute Gasteiger partial charge is 0.202 e. The number of Topliss-reactive ketones (excluding diaryl/α,β-unsaturated/α-hetero) is 1. The summed E-state index contributed by atoms with van der Waals surface area (Å²) in [5.74, 6) is -0.115. The zero-order chi connectivity index (χ0) is 13.5. The molecule has 0 aliphatic heterocycles. The van der Waals surface area contributed by atoms with Gasteiger partial charge >= 0.3 is 0 Å². The molecule has 98 valence electrons. The average molecular weight is 287 g/mol. The Morgan fingerprint density at radius 2 is 1.78 bits per heavy atom. The van der Waals surface area contributed by atoms with E-state index in [1.165, 1.54) is 0 Å². The van der Waals surface area contributed by atoms with Gasteiger partial charge in [0, 0.05) is 10.9 Å². The van der Waals surface area contributed by atoms with Gasteiger partial charge in [-0.05, 0) is 37.1 Å². The summed E-state index contributed by atoms with van der Waals surface area (Å²) in [7, 11) is 0. The highest BCUT2D eigenvalue weighted by Crippen LogP contribution is 2.20. The van der Waals surface area contributed by atoms with E-state index in [1.54, 1.807) is 24.3 Å². The number of halogens is 2. The van der Waals surface area contributed by atoms with Crippen LogP contribution >= 0.6 is 23.2 Å². The van der Waals surface area contributed by atoms with Gasteiger partial charge in [-0.3, -0.25) is 4.79 Å². The van der Waals surface area contributed by atoms with Crippen molar-refractivity contribution in [2.45, 2.75) is 32.2 Å². The van der Waals surface area contributed by atoms with E-state index in [1.807, 2.05) is 13.8 Å². The maximum atomic E-state index is 11.9. The highest BCUT2D eigenvalue weighted by Gasteiger charge is 2.22. The van der Waals surface area contributed by atoms with Gasteiger partial charge in [-0.15, -0.1) is 0 Å². The van der Waals surface area contributed by atoms with Gasteiger partial charge in [-0.25, -0.2) is 0 Å². The summed E-state index contributed by atoms with van der Waals surface area (Å²) < 4.78 is 0. The van der Waals surface area contributed by atoms with Crippen molar-refractivity contribution in [3.8, 4) is 0 Å². The van der Waals surface area contributed by atoms with E-state index in [0.717, 1.165) is 12.8 Å². The van der Waals surface area contributed by atoms with Gasteiger partial charge in [-0.2, -0.15) is 10.2 Å². The zero-order valence-corrected chi connectivity index (χ0v) is 11.9. The Morgan fingerprint density at radius 3 is 2.28 bits per heavy atom. The van der Waals surface area contributed by atoms with Crippen LogP contribution in [0.15, 0.2) is 34.5 Å². The third-order valence-corrected chi connectivity index (χ3v) is 3.28. The first-order valence-electron chi connectivity index (χ1n) is 5.92. The van der Waals surface area contributed by atoms with Crippen LogP contribution in [0.3, 0.4) is 0 Å². The Labute approximate surface area is 117 Å². The molecule has 1 unspecified atom stereocenters. The molecule has 0 aromatic heterocycles. The normalized spacial score (nSPS) is 13.2. The van der Waals surface area contributed by atoms with Crippen molar-refractivity contribution in [3.63, 3.8) is 0 Å². The van der Waals surface area contributed by atoms with Crippen molar-refractivity contribution in [3.05, 3.63) is 29.3 Å². The molecule has 0 spiro atoms. The summed E-state index contributed by atoms with van der Waals surface area (Å²) in [6.07, 6.45) is 1.55. The minimum absolute atomic E-state index is 0.0448. The molecule has 1 aromatic rings. The highest BCUT2D eigenvalue weighted by atomic mass is 35.5. The summed E-state index contributed by atoms with van der Waals surface area (Å²) in [5.41, 5.74) is -0.284. The fourth-order valence-corrected chi connectivity index (χ4v) is 1.92. The number of nitrogens with zero attached hydrogens (tertiary/aromatic N) is 2. The largest absolute Gasteiger partial charge is 0.295 e. The first-order chi connectivity index (χ1) is 8.58. The standard InChI is InChI=1S/C13H16Cl2N2O/c1-3-9(4-2)12(18)13(15)17-16-11-7-5-10(14)6-8-11/h5-9,13H,3-4H2,1-2H3. The van der Waals surface area contributed by atoms with Crippen LogP contribution in [-0.4, -0.2) is 11.3 Å². The zero-order valence-electron chi connectivity index (χ0n) is 10.4. The number of carbonyl (C=O) groups is 1. The van der Waals surface area contributed by atoms with Crippen LogP contribution in [-0.2, 0) is 4.79 Å². The molecule has 18 heavy (non-hydrogen) atoms. The van der Waals surface area contributed by atoms with Gasteiger partial charge in [-0.1, -0.05) is 37.0 Å². The number of carbonyl (C=O) groups excluding carboxylic acids is 1. The van der Waals surface area contributed by atoms with Gasteiger partial charge in [0.15, 0.2) is 5.78 Å². The fourth-order valence-electron chi connectivity index (χ4n) is 1.57. The molecule has 0 bridgehead atoms. The number of ketones is 1. The number of alkyl halides is 1. The van der Waals surface area contributed by atoms with E-state index in [9.17, 15) is 4.79 Å². The van der Waals surface area contributed by atoms with Gasteiger partial charge < -0.3 is 0 Å². The van der Waals surface area contributed by atoms with E-state index in [0.29, 0.717) is 10.7 Å². The minimum Gasteiger partial charge on any atom is -0.295 e. The topological polar surface area (TPSA) is 41.8 Å². The monoisotopic (exact) mass is 286 g/mol. The van der Waals surface area contributed by atoms with Crippen LogP contribution in [0.5, 0.6) is 0 Å². The number of benzene rings is 1. The molecule has 0 N–H and O–H groups in total. The van der Waals surface area contributed by atoms with E-state index in [4.69, 9.17) is 23.2 Å². The van der Waals surface area contributed by atoms with Crippen LogP contribution in [0.1, 0.15) is 26.7 Å². The molecule has 0 amide bonds. The minimum atomic E-state index is -0.912. The first-order valence-corrected chi connectivity index (χ1v) is 6.74. The molecule has 1 atom stereocenters. The molecule has 0 aliphatic carbocycles. The molecule has 1 aromatic carbocycles. The van der Waals surface area contributed by atoms with Crippen molar-refractivity contribution in [2.75, 3.05) is 0 Å². The number of rotatable bonds is 6. The second kappa shape index (κ2) is 7.49. The van der Waals surface area contributed by atoms with Gasteiger partial charge in [0.1, 0.15) is 0 Å². The van der Waals surface area contributed by atoms with E-state index in [-0.39, 0.29) is 11.7 Å². The van der Waals surface area contributed by atoms with E-state index < -0.39 is 5.50 Å². The van der Waals surface area contributed by atoms with Crippen LogP contribution in [0.2, 0.25) is 5.02 Å². The van der Waals surface area contributed by atoms with Crippen molar-refractivity contribution in [1.82, 2.24) is 0 Å². The first kappa shape index (κ1) is 15.1. The van der Waals surface area contributed by atoms with Crippen molar-refractivity contribution in [1.29, 1.82) is 0 Å². The lowest BCUT2D eigenvalue weighted by atomic mass is 9.98. The average Bonchev–Trinajstić information content (AvgIpc) is 2.39. The molecule has 0 saturated heterocycles. The van der Waals surface area contributed by atoms with Crippen molar-refractivity contribution >= 4 is 34.7 Å². The summed E-state index contributed by atoms with van der Waals surface area (Å²) in [4.78, 5) is 11.9. The van der Waals surface area contributed by atoms with Gasteiger partial charge in [0.2, 0.25) is 5.50 Å². The fraction of sp³-hybridized carbons (Fsp3) is 0.462. The summed E-state index contributed by atoms with van der Waals surface area (Å²) in [6.45, 7) is 3.93. The Bertz CT molecular complexity index is 414. The predicted octanol–water partition coefficient (Wildman–Crippen LogP) is 4.99. The molecule has 0 radical (unpaired) electrons. The third kappa shape index (κ3) is 4.39. The lowest BCUT2D eigenvalue weighted by Gasteiger charge is -2.11. The van der Waals surface area contributed by atoms with E-state index in [2.05, 4.69) is 10.2 Å². The van der Waals surface area contributed by atoms with Gasteiger partial charge in [0.25, 0.3) is 0 Å². The quantitative estimate of drug-likeness (QED) is 0.412.